The molecule has 9 atom stereocenters. The molecule has 1 aromatic rings. The van der Waals surface area contributed by atoms with Gasteiger partial charge in [0, 0.05) is 81.9 Å². The zero-order valence-corrected chi connectivity index (χ0v) is 35.3. The van der Waals surface area contributed by atoms with Crippen LogP contribution in [0, 0.1) is 30.6 Å². The van der Waals surface area contributed by atoms with E-state index in [1.54, 1.807) is 44.9 Å². The number of hydrogen-bond acceptors (Lipinski definition) is 15. The number of rotatable bonds is 4. The summed E-state index contributed by atoms with van der Waals surface area (Å²) in [7, 11) is 3.39. The minimum absolute atomic E-state index is 0.0118. The number of aliphatic hydroxyl groups excluding tert-OH is 2. The van der Waals surface area contributed by atoms with Crippen LogP contribution in [0.3, 0.4) is 0 Å². The predicted octanol–water partition coefficient (Wildman–Crippen LogP) is 3.23. The van der Waals surface area contributed by atoms with E-state index in [9.17, 15) is 39.3 Å². The van der Waals surface area contributed by atoms with Gasteiger partial charge in [-0.25, -0.2) is 0 Å². The molecule has 1 saturated heterocycles. The van der Waals surface area contributed by atoms with E-state index in [1.165, 1.54) is 59.4 Å². The quantitative estimate of drug-likeness (QED) is 0.254. The zero-order chi connectivity index (χ0) is 43.7. The topological polar surface area (TPSA) is 214 Å². The molecular weight excluding hydrogens is 764 g/mol. The maximum atomic E-state index is 14.6. The van der Waals surface area contributed by atoms with Crippen molar-refractivity contribution in [1.29, 1.82) is 0 Å². The first-order chi connectivity index (χ1) is 27.7. The van der Waals surface area contributed by atoms with Crippen LogP contribution in [0.4, 0.5) is 0 Å². The standard InChI is InChI=1S/C43H56N4O12/c1-21-12-11-13-22(2)42(55)45-33-28(20-44-47-17-15-46(9)16-18-47)37(52)30-31(38(33)53)36(51)26(6)40-32(30)41(54)43(8,59-40)57-19-14-29(56-10)23(3)39(58-27(7)48)25(5)35(50)24(4)34(21)49/h11-14,19-21,23-25,29,34-35,39,49-51H,15-18H2,1-10H3,(H,45,55)/b12-11+,19-14?,22-13?,44-20?/t21-,23+,24+,25+,29-,34-,35+,39+,43-/m0/s1. The van der Waals surface area contributed by atoms with Crippen molar-refractivity contribution in [3.63, 3.8) is 0 Å². The van der Waals surface area contributed by atoms with Crippen molar-refractivity contribution in [2.75, 3.05) is 40.3 Å². The Morgan fingerprint density at radius 2 is 1.61 bits per heavy atom. The number of hydrazone groups is 1. The number of nitrogens with zero attached hydrogens (tertiary/aromatic N) is 3. The highest BCUT2D eigenvalue weighted by atomic mass is 16.7. The van der Waals surface area contributed by atoms with Gasteiger partial charge in [0.15, 0.2) is 5.78 Å². The maximum Gasteiger partial charge on any atom is 0.312 e. The van der Waals surface area contributed by atoms with Crippen molar-refractivity contribution in [3.05, 3.63) is 69.7 Å². The van der Waals surface area contributed by atoms with E-state index in [0.717, 1.165) is 0 Å². The average molecular weight is 821 g/mol. The lowest BCUT2D eigenvalue weighted by Crippen LogP contribution is -2.46. The molecule has 0 radical (unpaired) electrons. The van der Waals surface area contributed by atoms with Crippen LogP contribution in [0.15, 0.2) is 52.5 Å². The fourth-order valence-electron chi connectivity index (χ4n) is 7.89. The smallest absolute Gasteiger partial charge is 0.312 e. The number of aromatic hydroxyl groups is 1. The number of methoxy groups -OCH3 is 1. The summed E-state index contributed by atoms with van der Waals surface area (Å²) in [4.78, 5) is 71.6. The van der Waals surface area contributed by atoms with Crippen LogP contribution < -0.4 is 10.1 Å². The molecule has 0 aromatic heterocycles. The molecule has 1 amide bonds. The van der Waals surface area contributed by atoms with Crippen molar-refractivity contribution in [3.8, 4) is 11.5 Å². The number of carbonyl (C=O) groups excluding carboxylic acids is 5. The third-order valence-electron chi connectivity index (χ3n) is 11.8. The lowest BCUT2D eigenvalue weighted by Gasteiger charge is -2.38. The number of allylic oxidation sites excluding steroid dienone is 4. The molecular formula is C43H56N4O12. The van der Waals surface area contributed by atoms with Crippen LogP contribution >= 0.6 is 0 Å². The van der Waals surface area contributed by atoms with Crippen molar-refractivity contribution in [2.45, 2.75) is 85.6 Å². The number of amides is 1. The zero-order valence-electron chi connectivity index (χ0n) is 35.3. The number of ketones is 3. The Hall–Kier alpha value is -5.16. The Balaban J connectivity index is 1.66. The molecule has 4 N–H and O–H groups in total. The van der Waals surface area contributed by atoms with Crippen molar-refractivity contribution < 1.29 is 58.2 Å². The van der Waals surface area contributed by atoms with Crippen LogP contribution in [0.2, 0.25) is 0 Å². The Bertz CT molecular complexity index is 2030. The molecule has 0 saturated carbocycles. The lowest BCUT2D eigenvalue weighted by molar-refractivity contribution is -0.160. The molecule has 5 aliphatic rings. The molecule has 6 rings (SSSR count). The highest BCUT2D eigenvalue weighted by Gasteiger charge is 2.52. The summed E-state index contributed by atoms with van der Waals surface area (Å²) in [5.41, 5.74) is -1.82. The van der Waals surface area contributed by atoms with Gasteiger partial charge in [0.25, 0.3) is 11.7 Å². The van der Waals surface area contributed by atoms with E-state index in [2.05, 4.69) is 15.3 Å². The number of ether oxygens (including phenoxy) is 4. The molecule has 16 nitrogen and oxygen atoms in total. The lowest BCUT2D eigenvalue weighted by atomic mass is 9.78. The van der Waals surface area contributed by atoms with Crippen LogP contribution in [0.25, 0.3) is 0 Å². The Kier molecular flexibility index (Phi) is 13.7. The predicted molar refractivity (Wildman–Crippen MR) is 216 cm³/mol. The molecule has 59 heavy (non-hydrogen) atoms. The fraction of sp³-hybridized carbons (Fsp3) is 0.535. The first-order valence-electron chi connectivity index (χ1n) is 19.7. The largest absolute Gasteiger partial charge is 0.507 e. The van der Waals surface area contributed by atoms with E-state index in [0.29, 0.717) is 26.2 Å². The molecule has 1 aromatic carbocycles. The number of phenols is 1. The third kappa shape index (κ3) is 8.91. The number of fused-ring (bicyclic) bond motifs is 14. The Morgan fingerprint density at radius 1 is 0.949 bits per heavy atom. The number of Topliss-reactive ketones (excluding diaryl/α,β-unsaturated/α-hetero) is 3. The molecule has 4 heterocycles. The van der Waals surface area contributed by atoms with E-state index in [4.69, 9.17) is 18.9 Å². The molecule has 5 bridgehead atoms. The van der Waals surface area contributed by atoms with Gasteiger partial charge in [-0.3, -0.25) is 29.0 Å². The van der Waals surface area contributed by atoms with Gasteiger partial charge in [0.05, 0.1) is 53.1 Å². The summed E-state index contributed by atoms with van der Waals surface area (Å²) in [6.45, 7) is 14.8. The number of hydrogen-bond donors (Lipinski definition) is 4. The number of benzene rings is 1. The Morgan fingerprint density at radius 3 is 2.24 bits per heavy atom. The van der Waals surface area contributed by atoms with Gasteiger partial charge in [0.1, 0.15) is 23.3 Å². The van der Waals surface area contributed by atoms with Crippen LogP contribution in [0.1, 0.15) is 85.1 Å². The van der Waals surface area contributed by atoms with Gasteiger partial charge >= 0.3 is 11.8 Å². The second-order valence-electron chi connectivity index (χ2n) is 16.1. The molecule has 16 heteroatoms. The SMILES string of the molecule is CO[C@H]1C=CO[C@@]2(C)Oc3c(C)c(O)c4c(c3C2=O)C(=O)C(C=NN2CCN(C)CC2)=C(NC(=O)C(C)=C/C=C/[C@H](C)[C@H](O)[C@@H](C)[C@@H](O)[C@@H](C)[C@H](OC(C)=O)[C@@H]1C)C4=O. The van der Waals surface area contributed by atoms with Crippen LogP contribution in [-0.2, 0) is 23.8 Å². The maximum absolute atomic E-state index is 14.6. The molecule has 0 spiro atoms. The van der Waals surface area contributed by atoms with Crippen molar-refractivity contribution in [1.82, 2.24) is 15.2 Å². The second kappa shape index (κ2) is 18.0. The highest BCUT2D eigenvalue weighted by molar-refractivity contribution is 6.37. The minimum Gasteiger partial charge on any atom is -0.507 e. The minimum atomic E-state index is -2.09. The normalized spacial score (nSPS) is 31.9. The first kappa shape index (κ1) is 44.9. The van der Waals surface area contributed by atoms with Gasteiger partial charge in [0.2, 0.25) is 5.78 Å². The van der Waals surface area contributed by atoms with Gasteiger partial charge in [-0.15, -0.1) is 0 Å². The monoisotopic (exact) mass is 820 g/mol. The molecule has 320 valence electrons. The third-order valence-corrected chi connectivity index (χ3v) is 11.8. The van der Waals surface area contributed by atoms with E-state index in [1.807, 2.05) is 7.05 Å². The average Bonchev–Trinajstić information content (AvgIpc) is 3.46. The molecule has 0 unspecified atom stereocenters. The number of piperazine rings is 1. The van der Waals surface area contributed by atoms with Gasteiger partial charge < -0.3 is 44.5 Å². The number of esters is 1. The van der Waals surface area contributed by atoms with Crippen molar-refractivity contribution >= 4 is 35.4 Å². The van der Waals surface area contributed by atoms with Gasteiger partial charge in [-0.1, -0.05) is 45.9 Å². The Labute approximate surface area is 344 Å². The number of aliphatic hydroxyl groups is 2. The summed E-state index contributed by atoms with van der Waals surface area (Å²) in [5.74, 6) is -9.34. The van der Waals surface area contributed by atoms with Gasteiger partial charge in [-0.05, 0) is 27.0 Å². The summed E-state index contributed by atoms with van der Waals surface area (Å²) in [5, 5.41) is 43.1. The summed E-state index contributed by atoms with van der Waals surface area (Å²) in [6, 6.07) is 0. The number of likely N-dealkylation sites (N-methyl/N-ethyl adjacent to an activating group) is 1. The summed E-state index contributed by atoms with van der Waals surface area (Å²) >= 11 is 0. The number of phenolic OH excluding ortho intramolecular Hbond substituents is 1. The van der Waals surface area contributed by atoms with Gasteiger partial charge in [-0.2, -0.15) is 5.10 Å². The van der Waals surface area contributed by atoms with E-state index < -0.39 is 106 Å². The second-order valence-corrected chi connectivity index (χ2v) is 16.1. The first-order valence-corrected chi connectivity index (χ1v) is 19.7. The fourth-order valence-corrected chi connectivity index (χ4v) is 7.89. The number of nitrogens with one attached hydrogen (secondary N) is 1. The van der Waals surface area contributed by atoms with Crippen LogP contribution in [0.5, 0.6) is 11.5 Å². The summed E-state index contributed by atoms with van der Waals surface area (Å²) < 4.78 is 23.5. The number of carbonyl (C=O) groups is 5. The van der Waals surface area contributed by atoms with E-state index >= 15 is 0 Å². The van der Waals surface area contributed by atoms with Crippen LogP contribution in [-0.4, -0.2) is 131 Å². The van der Waals surface area contributed by atoms with Crippen molar-refractivity contribution in [2.24, 2.45) is 28.8 Å². The summed E-state index contributed by atoms with van der Waals surface area (Å²) in [6.07, 6.45) is 4.56. The molecule has 1 aliphatic carbocycles. The van der Waals surface area contributed by atoms with E-state index in [-0.39, 0.29) is 28.0 Å². The molecule has 4 aliphatic heterocycles. The molecule has 1 fully saturated rings. The highest BCUT2D eigenvalue weighted by Crippen LogP contribution is 2.48.